The minimum atomic E-state index is -3.45. The Bertz CT molecular complexity index is 492. The minimum absolute atomic E-state index is 0.0965. The van der Waals surface area contributed by atoms with Gasteiger partial charge in [0.25, 0.3) is 10.0 Å². The summed E-state index contributed by atoms with van der Waals surface area (Å²) in [6.45, 7) is 0.513. The number of aryl methyl sites for hydroxylation is 1. The van der Waals surface area contributed by atoms with E-state index in [2.05, 4.69) is 25.6 Å². The van der Waals surface area contributed by atoms with Crippen molar-refractivity contribution in [2.75, 3.05) is 6.54 Å². The molecule has 0 unspecified atom stereocenters. The second-order valence-electron chi connectivity index (χ2n) is 4.85. The van der Waals surface area contributed by atoms with Gasteiger partial charge >= 0.3 is 0 Å². The third kappa shape index (κ3) is 3.55. The Balaban J connectivity index is 1.90. The Morgan fingerprint density at radius 1 is 1.44 bits per heavy atom. The summed E-state index contributed by atoms with van der Waals surface area (Å²) < 4.78 is 28.2. The predicted molar refractivity (Wildman–Crippen MR) is 73.1 cm³/mol. The summed E-state index contributed by atoms with van der Waals surface area (Å²) in [6.07, 6.45) is 7.38. The van der Waals surface area contributed by atoms with Crippen molar-refractivity contribution in [3.63, 3.8) is 0 Å². The van der Waals surface area contributed by atoms with E-state index in [1.54, 1.807) is 11.6 Å². The van der Waals surface area contributed by atoms with Crippen LogP contribution in [0.3, 0.4) is 0 Å². The molecule has 1 N–H and O–H groups in total. The normalized spacial score (nSPS) is 25.2. The van der Waals surface area contributed by atoms with Gasteiger partial charge in [-0.3, -0.25) is 0 Å². The first-order valence-electron chi connectivity index (χ1n) is 6.09. The van der Waals surface area contributed by atoms with E-state index in [1.807, 2.05) is 0 Å². The van der Waals surface area contributed by atoms with Gasteiger partial charge in [0.1, 0.15) is 0 Å². The Labute approximate surface area is 116 Å². The average molecular weight is 336 g/mol. The lowest BCUT2D eigenvalue weighted by Gasteiger charge is -2.25. The van der Waals surface area contributed by atoms with Crippen LogP contribution in [0.15, 0.2) is 17.6 Å². The van der Waals surface area contributed by atoms with Gasteiger partial charge in [0.05, 0.1) is 6.33 Å². The topological polar surface area (TPSA) is 64.0 Å². The van der Waals surface area contributed by atoms with Crippen LogP contribution in [0, 0.1) is 5.92 Å². The molecule has 1 aliphatic rings. The molecule has 1 aromatic heterocycles. The SMILES string of the molecule is Cn1cnc(S(=O)(=O)NCC2CCC(Br)CC2)c1. The molecular weight excluding hydrogens is 318 g/mol. The van der Waals surface area contributed by atoms with E-state index in [-0.39, 0.29) is 5.03 Å². The molecule has 0 amide bonds. The van der Waals surface area contributed by atoms with Crippen molar-refractivity contribution < 1.29 is 8.42 Å². The second-order valence-corrected chi connectivity index (χ2v) is 7.86. The maximum absolute atomic E-state index is 12.0. The second kappa shape index (κ2) is 5.71. The largest absolute Gasteiger partial charge is 0.339 e. The van der Waals surface area contributed by atoms with Gasteiger partial charge in [0.2, 0.25) is 0 Å². The monoisotopic (exact) mass is 335 g/mol. The lowest BCUT2D eigenvalue weighted by molar-refractivity contribution is 0.366. The highest BCUT2D eigenvalue weighted by atomic mass is 79.9. The van der Waals surface area contributed by atoms with E-state index in [4.69, 9.17) is 0 Å². The predicted octanol–water partition coefficient (Wildman–Crippen LogP) is 1.65. The first-order chi connectivity index (χ1) is 8.47. The number of aromatic nitrogens is 2. The quantitative estimate of drug-likeness (QED) is 0.851. The standard InChI is InChI=1S/C11H18BrN3O2S/c1-15-7-11(13-8-15)18(16,17)14-6-9-2-4-10(12)5-3-9/h7-10,14H,2-6H2,1H3. The van der Waals surface area contributed by atoms with E-state index in [0.717, 1.165) is 25.7 Å². The molecule has 102 valence electrons. The van der Waals surface area contributed by atoms with Gasteiger partial charge in [0.15, 0.2) is 5.03 Å². The number of sulfonamides is 1. The molecule has 0 saturated heterocycles. The van der Waals surface area contributed by atoms with Crippen LogP contribution in [-0.2, 0) is 17.1 Å². The van der Waals surface area contributed by atoms with Crippen LogP contribution in [0.25, 0.3) is 0 Å². The fraction of sp³-hybridized carbons (Fsp3) is 0.727. The van der Waals surface area contributed by atoms with E-state index >= 15 is 0 Å². The summed E-state index contributed by atoms with van der Waals surface area (Å²) >= 11 is 3.59. The Morgan fingerprint density at radius 3 is 2.67 bits per heavy atom. The molecule has 0 atom stereocenters. The molecule has 0 bridgehead atoms. The molecule has 0 aliphatic heterocycles. The van der Waals surface area contributed by atoms with Gasteiger partial charge in [-0.05, 0) is 31.6 Å². The smallest absolute Gasteiger partial charge is 0.259 e. The lowest BCUT2D eigenvalue weighted by Crippen LogP contribution is -2.31. The highest BCUT2D eigenvalue weighted by Crippen LogP contribution is 2.28. The molecular formula is C11H18BrN3O2S. The van der Waals surface area contributed by atoms with Gasteiger partial charge in [-0.1, -0.05) is 15.9 Å². The highest BCUT2D eigenvalue weighted by molar-refractivity contribution is 9.09. The van der Waals surface area contributed by atoms with Crippen molar-refractivity contribution in [2.24, 2.45) is 13.0 Å². The number of hydrogen-bond donors (Lipinski definition) is 1. The fourth-order valence-corrected chi connectivity index (χ4v) is 3.78. The Hall–Kier alpha value is -0.400. The Kier molecular flexibility index (Phi) is 4.45. The maximum atomic E-state index is 12.0. The van der Waals surface area contributed by atoms with Gasteiger partial charge in [0, 0.05) is 24.6 Å². The van der Waals surface area contributed by atoms with Crippen molar-refractivity contribution in [3.05, 3.63) is 12.5 Å². The molecule has 1 fully saturated rings. The molecule has 2 rings (SSSR count). The summed E-state index contributed by atoms with van der Waals surface area (Å²) in [5.74, 6) is 0.442. The number of nitrogens with one attached hydrogen (secondary N) is 1. The Morgan fingerprint density at radius 2 is 2.11 bits per heavy atom. The summed E-state index contributed by atoms with van der Waals surface area (Å²) in [4.78, 5) is 4.47. The summed E-state index contributed by atoms with van der Waals surface area (Å²) in [6, 6.07) is 0. The van der Waals surface area contributed by atoms with E-state index in [1.165, 1.54) is 12.5 Å². The number of rotatable bonds is 4. The van der Waals surface area contributed by atoms with Crippen molar-refractivity contribution in [1.29, 1.82) is 0 Å². The maximum Gasteiger partial charge on any atom is 0.259 e. The van der Waals surface area contributed by atoms with Gasteiger partial charge in [-0.25, -0.2) is 18.1 Å². The number of nitrogens with zero attached hydrogens (tertiary/aromatic N) is 2. The fourth-order valence-electron chi connectivity index (χ4n) is 2.16. The molecule has 1 aliphatic carbocycles. The zero-order chi connectivity index (χ0) is 13.2. The van der Waals surface area contributed by atoms with Crippen molar-refractivity contribution >= 4 is 26.0 Å². The van der Waals surface area contributed by atoms with Gasteiger partial charge < -0.3 is 4.57 Å². The zero-order valence-corrected chi connectivity index (χ0v) is 12.7. The summed E-state index contributed by atoms with van der Waals surface area (Å²) in [7, 11) is -1.69. The third-order valence-electron chi connectivity index (χ3n) is 3.29. The molecule has 18 heavy (non-hydrogen) atoms. The lowest BCUT2D eigenvalue weighted by atomic mass is 9.89. The first kappa shape index (κ1) is 14.0. The molecule has 0 aromatic carbocycles. The van der Waals surface area contributed by atoms with Crippen LogP contribution in [-0.4, -0.2) is 29.3 Å². The molecule has 1 saturated carbocycles. The van der Waals surface area contributed by atoms with Crippen LogP contribution in [0.2, 0.25) is 0 Å². The number of halogens is 1. The van der Waals surface area contributed by atoms with Crippen LogP contribution >= 0.6 is 15.9 Å². The number of hydrogen-bond acceptors (Lipinski definition) is 3. The van der Waals surface area contributed by atoms with E-state index in [9.17, 15) is 8.42 Å². The molecule has 7 heteroatoms. The number of imidazole rings is 1. The first-order valence-corrected chi connectivity index (χ1v) is 8.49. The number of alkyl halides is 1. The van der Waals surface area contributed by atoms with Gasteiger partial charge in [-0.15, -0.1) is 0 Å². The van der Waals surface area contributed by atoms with Crippen LogP contribution < -0.4 is 4.72 Å². The molecule has 1 heterocycles. The van der Waals surface area contributed by atoms with Crippen molar-refractivity contribution in [1.82, 2.24) is 14.3 Å². The van der Waals surface area contributed by atoms with Gasteiger partial charge in [-0.2, -0.15) is 0 Å². The van der Waals surface area contributed by atoms with Crippen molar-refractivity contribution in [2.45, 2.75) is 35.5 Å². The molecule has 1 aromatic rings. The zero-order valence-electron chi connectivity index (χ0n) is 10.3. The van der Waals surface area contributed by atoms with Crippen molar-refractivity contribution in [3.8, 4) is 0 Å². The summed E-state index contributed by atoms with van der Waals surface area (Å²) in [5.41, 5.74) is 0. The third-order valence-corrected chi connectivity index (χ3v) is 5.52. The van der Waals surface area contributed by atoms with Crippen LogP contribution in [0.5, 0.6) is 0 Å². The molecule has 5 nitrogen and oxygen atoms in total. The molecule has 0 spiro atoms. The van der Waals surface area contributed by atoms with Crippen LogP contribution in [0.4, 0.5) is 0 Å². The van der Waals surface area contributed by atoms with Crippen LogP contribution in [0.1, 0.15) is 25.7 Å². The van der Waals surface area contributed by atoms with E-state index < -0.39 is 10.0 Å². The minimum Gasteiger partial charge on any atom is -0.339 e. The van der Waals surface area contributed by atoms with E-state index in [0.29, 0.717) is 17.3 Å². The highest BCUT2D eigenvalue weighted by Gasteiger charge is 2.22. The summed E-state index contributed by atoms with van der Waals surface area (Å²) in [5, 5.41) is 0.0965. The molecule has 0 radical (unpaired) electrons. The average Bonchev–Trinajstić information content (AvgIpc) is 2.76.